The smallest absolute Gasteiger partial charge is 0.152 e. The van der Waals surface area contributed by atoms with E-state index in [1.807, 2.05) is 0 Å². The Morgan fingerprint density at radius 3 is 2.37 bits per heavy atom. The van der Waals surface area contributed by atoms with Crippen molar-refractivity contribution in [1.82, 2.24) is 0 Å². The van der Waals surface area contributed by atoms with E-state index >= 15 is 0 Å². The molecule has 1 fully saturated rings. The molecule has 7 heteroatoms. The maximum absolute atomic E-state index is 13.9. The maximum Gasteiger partial charge on any atom is 0.152 e. The lowest BCUT2D eigenvalue weighted by Crippen LogP contribution is -2.34. The van der Waals surface area contributed by atoms with Crippen LogP contribution in [0.2, 0.25) is 0 Å². The van der Waals surface area contributed by atoms with Crippen LogP contribution in [-0.2, 0) is 16.4 Å². The van der Waals surface area contributed by atoms with Gasteiger partial charge in [-0.15, -0.1) is 0 Å². The van der Waals surface area contributed by atoms with Crippen molar-refractivity contribution < 1.29 is 17.2 Å². The Balaban J connectivity index is 2.32. The van der Waals surface area contributed by atoms with Crippen LogP contribution in [0.5, 0.6) is 0 Å². The van der Waals surface area contributed by atoms with Crippen molar-refractivity contribution in [1.29, 1.82) is 0 Å². The number of rotatable bonds is 3. The van der Waals surface area contributed by atoms with Gasteiger partial charge in [-0.05, 0) is 24.1 Å². The molecule has 2 N–H and O–H groups in total. The standard InChI is InChI=1S/C12H16F2N2O2S/c1-16(9-2-3-19(17,18)7-9)12-10(13)4-8(6-15)5-11(12)14/h4-5,9H,2-3,6-7,15H2,1H3. The van der Waals surface area contributed by atoms with Crippen LogP contribution in [0.4, 0.5) is 14.5 Å². The van der Waals surface area contributed by atoms with Crippen molar-refractivity contribution >= 4 is 15.5 Å². The van der Waals surface area contributed by atoms with Crippen molar-refractivity contribution in [2.24, 2.45) is 5.73 Å². The topological polar surface area (TPSA) is 63.4 Å². The molecule has 0 spiro atoms. The molecule has 1 saturated heterocycles. The third kappa shape index (κ3) is 2.87. The molecule has 1 aromatic rings. The summed E-state index contributed by atoms with van der Waals surface area (Å²) in [6.45, 7) is 0.0512. The van der Waals surface area contributed by atoms with Gasteiger partial charge < -0.3 is 10.6 Å². The van der Waals surface area contributed by atoms with E-state index in [0.717, 1.165) is 0 Å². The third-order valence-electron chi connectivity index (χ3n) is 3.42. The number of sulfone groups is 1. The predicted molar refractivity (Wildman–Crippen MR) is 69.7 cm³/mol. The number of benzene rings is 1. The second-order valence-corrected chi connectivity index (χ2v) is 7.01. The van der Waals surface area contributed by atoms with Gasteiger partial charge in [0.2, 0.25) is 0 Å². The van der Waals surface area contributed by atoms with Crippen LogP contribution >= 0.6 is 0 Å². The molecule has 1 aliphatic heterocycles. The molecular weight excluding hydrogens is 274 g/mol. The molecule has 1 aliphatic rings. The Morgan fingerprint density at radius 1 is 1.37 bits per heavy atom. The largest absolute Gasteiger partial charge is 0.366 e. The van der Waals surface area contributed by atoms with E-state index < -0.39 is 27.5 Å². The van der Waals surface area contributed by atoms with E-state index in [2.05, 4.69) is 0 Å². The van der Waals surface area contributed by atoms with Gasteiger partial charge in [0.15, 0.2) is 9.84 Å². The molecular formula is C12H16F2N2O2S. The van der Waals surface area contributed by atoms with Gasteiger partial charge in [-0.25, -0.2) is 17.2 Å². The lowest BCUT2D eigenvalue weighted by atomic mass is 10.1. The zero-order valence-electron chi connectivity index (χ0n) is 10.6. The van der Waals surface area contributed by atoms with Crippen LogP contribution in [0.3, 0.4) is 0 Å². The lowest BCUT2D eigenvalue weighted by Gasteiger charge is -2.26. The summed E-state index contributed by atoms with van der Waals surface area (Å²) in [5, 5.41) is 0. The number of nitrogens with zero attached hydrogens (tertiary/aromatic N) is 1. The summed E-state index contributed by atoms with van der Waals surface area (Å²) in [4.78, 5) is 1.37. The van der Waals surface area contributed by atoms with Crippen LogP contribution in [0.25, 0.3) is 0 Å². The number of nitrogens with two attached hydrogens (primary N) is 1. The summed E-state index contributed by atoms with van der Waals surface area (Å²) < 4.78 is 50.6. The quantitative estimate of drug-likeness (QED) is 0.903. The molecule has 0 bridgehead atoms. The van der Waals surface area contributed by atoms with Gasteiger partial charge in [0.05, 0.1) is 11.5 Å². The third-order valence-corrected chi connectivity index (χ3v) is 5.17. The zero-order valence-corrected chi connectivity index (χ0v) is 11.4. The number of hydrogen-bond acceptors (Lipinski definition) is 4. The normalized spacial score (nSPS) is 21.6. The monoisotopic (exact) mass is 290 g/mol. The fourth-order valence-electron chi connectivity index (χ4n) is 2.34. The minimum atomic E-state index is -3.09. The summed E-state index contributed by atoms with van der Waals surface area (Å²) in [6, 6.07) is 1.97. The molecule has 1 heterocycles. The first kappa shape index (κ1) is 14.2. The van der Waals surface area contributed by atoms with Gasteiger partial charge in [-0.2, -0.15) is 0 Å². The molecule has 19 heavy (non-hydrogen) atoms. The zero-order chi connectivity index (χ0) is 14.2. The SMILES string of the molecule is CN(c1c(F)cc(CN)cc1F)C1CCS(=O)(=O)C1. The molecule has 0 radical (unpaired) electrons. The van der Waals surface area contributed by atoms with Gasteiger partial charge in [-0.1, -0.05) is 0 Å². The fourth-order valence-corrected chi connectivity index (χ4v) is 4.11. The van der Waals surface area contributed by atoms with E-state index in [1.165, 1.54) is 24.1 Å². The average Bonchev–Trinajstić information content (AvgIpc) is 2.68. The summed E-state index contributed by atoms with van der Waals surface area (Å²) in [6.07, 6.45) is 0.385. The number of anilines is 1. The van der Waals surface area contributed by atoms with Crippen molar-refractivity contribution in [2.45, 2.75) is 19.0 Å². The van der Waals surface area contributed by atoms with E-state index in [1.54, 1.807) is 0 Å². The van der Waals surface area contributed by atoms with Gasteiger partial charge in [0.25, 0.3) is 0 Å². The van der Waals surface area contributed by atoms with Crippen LogP contribution in [0.1, 0.15) is 12.0 Å². The maximum atomic E-state index is 13.9. The molecule has 106 valence electrons. The summed E-state index contributed by atoms with van der Waals surface area (Å²) in [5.74, 6) is -1.44. The molecule has 1 atom stereocenters. The van der Waals surface area contributed by atoms with E-state index in [0.29, 0.717) is 12.0 Å². The second-order valence-electron chi connectivity index (χ2n) is 4.78. The summed E-state index contributed by atoms with van der Waals surface area (Å²) in [5.41, 5.74) is 5.52. The Labute approximate surface area is 111 Å². The van der Waals surface area contributed by atoms with Crippen molar-refractivity contribution in [3.8, 4) is 0 Å². The first-order valence-electron chi connectivity index (χ1n) is 5.95. The van der Waals surface area contributed by atoms with E-state index in [9.17, 15) is 17.2 Å². The second kappa shape index (κ2) is 5.05. The minimum Gasteiger partial charge on any atom is -0.366 e. The molecule has 2 rings (SSSR count). The van der Waals surface area contributed by atoms with Crippen molar-refractivity contribution in [3.05, 3.63) is 29.3 Å². The molecule has 1 unspecified atom stereocenters. The highest BCUT2D eigenvalue weighted by Crippen LogP contribution is 2.28. The highest BCUT2D eigenvalue weighted by molar-refractivity contribution is 7.91. The van der Waals surface area contributed by atoms with Crippen LogP contribution in [0, 0.1) is 11.6 Å². The van der Waals surface area contributed by atoms with Crippen LogP contribution < -0.4 is 10.6 Å². The predicted octanol–water partition coefficient (Wildman–Crippen LogP) is 1.05. The summed E-state index contributed by atoms with van der Waals surface area (Å²) >= 11 is 0. The van der Waals surface area contributed by atoms with E-state index in [-0.39, 0.29) is 23.7 Å². The van der Waals surface area contributed by atoms with Gasteiger partial charge in [0.1, 0.15) is 17.3 Å². The fraction of sp³-hybridized carbons (Fsp3) is 0.500. The number of hydrogen-bond donors (Lipinski definition) is 1. The Hall–Kier alpha value is -1.21. The van der Waals surface area contributed by atoms with Crippen molar-refractivity contribution in [3.63, 3.8) is 0 Å². The first-order valence-corrected chi connectivity index (χ1v) is 7.77. The first-order chi connectivity index (χ1) is 8.84. The molecule has 1 aromatic carbocycles. The molecule has 0 aliphatic carbocycles. The van der Waals surface area contributed by atoms with E-state index in [4.69, 9.17) is 5.73 Å². The van der Waals surface area contributed by atoms with Gasteiger partial charge >= 0.3 is 0 Å². The Kier molecular flexibility index (Phi) is 3.78. The van der Waals surface area contributed by atoms with Crippen LogP contribution in [-0.4, -0.2) is 33.0 Å². The van der Waals surface area contributed by atoms with Gasteiger partial charge in [-0.3, -0.25) is 0 Å². The average molecular weight is 290 g/mol. The Morgan fingerprint density at radius 2 is 1.95 bits per heavy atom. The summed E-state index contributed by atoms with van der Waals surface area (Å²) in [7, 11) is -1.58. The number of halogens is 2. The van der Waals surface area contributed by atoms with Gasteiger partial charge in [0, 0.05) is 19.6 Å². The highest BCUT2D eigenvalue weighted by Gasteiger charge is 2.32. The molecule has 4 nitrogen and oxygen atoms in total. The minimum absolute atomic E-state index is 0.0512. The molecule has 0 saturated carbocycles. The van der Waals surface area contributed by atoms with Crippen molar-refractivity contribution in [2.75, 3.05) is 23.5 Å². The lowest BCUT2D eigenvalue weighted by molar-refractivity contribution is 0.558. The van der Waals surface area contributed by atoms with Crippen LogP contribution in [0.15, 0.2) is 12.1 Å². The Bertz CT molecular complexity index is 566. The molecule has 0 aromatic heterocycles. The molecule has 0 amide bonds. The highest BCUT2D eigenvalue weighted by atomic mass is 32.2.